The van der Waals surface area contributed by atoms with E-state index in [1.165, 1.54) is 42.9 Å². The van der Waals surface area contributed by atoms with Crippen molar-refractivity contribution in [2.45, 2.75) is 57.6 Å². The van der Waals surface area contributed by atoms with Gasteiger partial charge in [0.15, 0.2) is 5.75 Å². The second-order valence-electron chi connectivity index (χ2n) is 18.8. The van der Waals surface area contributed by atoms with Gasteiger partial charge in [-0.05, 0) is 92.6 Å². The molecular weight excluding hydrogens is 1020 g/mol. The molecule has 2 unspecified atom stereocenters. The maximum Gasteiger partial charge on any atom is 0.345 e. The molecular formula is C53H61Cl2F2N7O9S. The minimum absolute atomic E-state index is 0.00212. The fraction of sp³-hybridized carbons (Fsp3) is 0.453. The molecule has 4 bridgehead atoms. The number of nitrogens with zero attached hydrogens (tertiary/aromatic N) is 6. The minimum Gasteiger partial charge on any atom is -0.490 e. The standard InChI is InChI=1S/C53H61Cl2F2N7O9S/c1-32-42-33(2)46(55)47(45(32)54)72-38(26-64-19-17-62(4)18-20-64)29-71-37-12-13-40(70-21-7-6-15-59-52(58)63(5)16-14-53(3,57)30-68-28-39-27-67-22-23-69-39)35(24-37)25-41(51(65)66)73-49-44-43(42)48(74-50(44)61-31-60-49)34-8-10-36(56)11-9-34/h6-13,15,24,31,38-39,41,58H,14,16-23,25-30H2,1-5H3,(H,65,66)/b7-6+,58-52?,59-15?/t38?,39-,41+,53?/m0/s1. The molecule has 21 heteroatoms. The topological polar surface area (TPSA) is 174 Å². The zero-order chi connectivity index (χ0) is 52.5. The number of carboxylic acids is 1. The third-order valence-electron chi connectivity index (χ3n) is 13.0. The lowest BCUT2D eigenvalue weighted by Gasteiger charge is -2.35. The number of hydrogen-bond donors (Lipinski definition) is 2. The highest BCUT2D eigenvalue weighted by Gasteiger charge is 2.33. The number of guanidine groups is 1. The molecule has 396 valence electrons. The number of aliphatic carboxylic acids is 1. The lowest BCUT2D eigenvalue weighted by molar-refractivity contribution is -0.145. The molecule has 4 aliphatic heterocycles. The second kappa shape index (κ2) is 24.9. The third-order valence-corrected chi connectivity index (χ3v) is 15.1. The van der Waals surface area contributed by atoms with Crippen LogP contribution in [0.25, 0.3) is 31.8 Å². The summed E-state index contributed by atoms with van der Waals surface area (Å²) in [6.45, 7) is 11.0. The molecule has 0 radical (unpaired) electrons. The van der Waals surface area contributed by atoms with Gasteiger partial charge in [-0.15, -0.1) is 11.3 Å². The number of hydrogen-bond acceptors (Lipinski definition) is 14. The van der Waals surface area contributed by atoms with Crippen molar-refractivity contribution in [1.29, 1.82) is 5.41 Å². The third kappa shape index (κ3) is 13.7. The molecule has 74 heavy (non-hydrogen) atoms. The molecule has 2 N–H and O–H groups in total. The maximum atomic E-state index is 15.2. The average molecular weight is 1080 g/mol. The number of fused-ring (bicyclic) bond motifs is 7. The Kier molecular flexibility index (Phi) is 18.4. The number of benzene rings is 3. The number of rotatable bonds is 15. The van der Waals surface area contributed by atoms with E-state index in [1.54, 1.807) is 54.4 Å². The number of carbonyl (C=O) groups is 1. The van der Waals surface area contributed by atoms with Crippen LogP contribution in [0.1, 0.15) is 30.0 Å². The van der Waals surface area contributed by atoms with E-state index >= 15 is 4.39 Å². The molecule has 4 atom stereocenters. The Labute approximate surface area is 443 Å². The van der Waals surface area contributed by atoms with Crippen molar-refractivity contribution in [2.75, 3.05) is 99.6 Å². The highest BCUT2D eigenvalue weighted by molar-refractivity contribution is 7.22. The van der Waals surface area contributed by atoms with Crippen molar-refractivity contribution in [3.8, 4) is 44.7 Å². The maximum absolute atomic E-state index is 15.2. The van der Waals surface area contributed by atoms with E-state index in [1.807, 2.05) is 13.8 Å². The van der Waals surface area contributed by atoms with Crippen LogP contribution in [-0.2, 0) is 25.4 Å². The highest BCUT2D eigenvalue weighted by atomic mass is 35.5. The predicted molar refractivity (Wildman–Crippen MR) is 283 cm³/mol. The summed E-state index contributed by atoms with van der Waals surface area (Å²) >= 11 is 15.9. The van der Waals surface area contributed by atoms with Crippen LogP contribution in [0.2, 0.25) is 10.0 Å². The van der Waals surface area contributed by atoms with Gasteiger partial charge in [0.2, 0.25) is 17.9 Å². The summed E-state index contributed by atoms with van der Waals surface area (Å²) in [6, 6.07) is 11.2. The second-order valence-corrected chi connectivity index (χ2v) is 20.6. The fourth-order valence-electron chi connectivity index (χ4n) is 8.79. The number of nitrogens with one attached hydrogen (secondary N) is 1. The van der Waals surface area contributed by atoms with Gasteiger partial charge in [-0.1, -0.05) is 35.3 Å². The number of aliphatic imine (C=N–C) groups is 1. The molecule has 0 aliphatic carbocycles. The SMILES string of the molecule is Cc1c(Cl)c2c(Cl)c(C)c1-c1c(-c3ccc(F)cc3)sc3ncnc(c13)O[C@@H](C(=O)O)Cc1cc(ccc1OC/C=C/C=NC(=N)N(C)CCC(C)(F)COC[C@@H]1COCCO1)OCC(CN1CCN(C)CC1)O2. The van der Waals surface area contributed by atoms with Crippen molar-refractivity contribution in [1.82, 2.24) is 24.7 Å². The van der Waals surface area contributed by atoms with Crippen LogP contribution in [0, 0.1) is 25.1 Å². The van der Waals surface area contributed by atoms with Crippen LogP contribution in [-0.4, -0.2) is 172 Å². The van der Waals surface area contributed by atoms with E-state index in [0.29, 0.717) is 92.1 Å². The first-order valence-electron chi connectivity index (χ1n) is 24.4. The molecule has 4 aliphatic rings. The van der Waals surface area contributed by atoms with Gasteiger partial charge < -0.3 is 48.1 Å². The molecule has 5 aromatic rings. The highest BCUT2D eigenvalue weighted by Crippen LogP contribution is 2.53. The van der Waals surface area contributed by atoms with Gasteiger partial charge in [-0.3, -0.25) is 10.3 Å². The zero-order valence-electron chi connectivity index (χ0n) is 42.0. The number of alkyl halides is 1. The molecule has 3 aromatic carbocycles. The lowest BCUT2D eigenvalue weighted by Crippen LogP contribution is -2.49. The van der Waals surface area contributed by atoms with Gasteiger partial charge in [0, 0.05) is 81.4 Å². The Morgan fingerprint density at radius 1 is 1.04 bits per heavy atom. The van der Waals surface area contributed by atoms with Crippen molar-refractivity contribution in [3.63, 3.8) is 0 Å². The summed E-state index contributed by atoms with van der Waals surface area (Å²) in [7, 11) is 3.75. The molecule has 2 aromatic heterocycles. The molecule has 16 nitrogen and oxygen atoms in total. The monoisotopic (exact) mass is 1080 g/mol. The van der Waals surface area contributed by atoms with Crippen LogP contribution in [0.15, 0.2) is 65.9 Å². The molecule has 0 saturated carbocycles. The summed E-state index contributed by atoms with van der Waals surface area (Å²) in [4.78, 5) is 33.9. The first-order chi connectivity index (χ1) is 35.5. The molecule has 6 heterocycles. The Morgan fingerprint density at radius 2 is 1.80 bits per heavy atom. The van der Waals surface area contributed by atoms with Gasteiger partial charge >= 0.3 is 5.97 Å². The van der Waals surface area contributed by atoms with Crippen molar-refractivity contribution in [3.05, 3.63) is 93.5 Å². The number of thiophene rings is 1. The van der Waals surface area contributed by atoms with Crippen molar-refractivity contribution >= 4 is 62.9 Å². The quantitative estimate of drug-likeness (QED) is 0.0751. The van der Waals surface area contributed by atoms with Crippen molar-refractivity contribution < 1.29 is 51.8 Å². The Morgan fingerprint density at radius 3 is 2.51 bits per heavy atom. The van der Waals surface area contributed by atoms with E-state index in [0.717, 1.165) is 26.2 Å². The van der Waals surface area contributed by atoms with E-state index < -0.39 is 29.7 Å². The summed E-state index contributed by atoms with van der Waals surface area (Å²) in [5.74, 6) is -0.646. The Hall–Kier alpha value is -5.51. The van der Waals surface area contributed by atoms with Crippen LogP contribution in [0.5, 0.6) is 23.1 Å². The Bertz CT molecular complexity index is 2810. The molecule has 9 rings (SSSR count). The van der Waals surface area contributed by atoms with E-state index in [9.17, 15) is 14.3 Å². The summed E-state index contributed by atoms with van der Waals surface area (Å²) in [5, 5.41) is 20.2. The number of likely N-dealkylation sites (N-methyl/N-ethyl adjacent to an activating group) is 1. The van der Waals surface area contributed by atoms with Gasteiger partial charge in [0.1, 0.15) is 59.6 Å². The van der Waals surface area contributed by atoms with Crippen LogP contribution < -0.4 is 18.9 Å². The van der Waals surface area contributed by atoms with Crippen molar-refractivity contribution in [2.24, 2.45) is 4.99 Å². The predicted octanol–water partition coefficient (Wildman–Crippen LogP) is 8.97. The van der Waals surface area contributed by atoms with Crippen LogP contribution in [0.4, 0.5) is 8.78 Å². The fourth-order valence-corrected chi connectivity index (χ4v) is 10.5. The average Bonchev–Trinajstić information content (AvgIpc) is 3.77. The molecule has 2 fully saturated rings. The van der Waals surface area contributed by atoms with E-state index in [-0.39, 0.29) is 73.8 Å². The number of halogens is 4. The largest absolute Gasteiger partial charge is 0.490 e. The zero-order valence-corrected chi connectivity index (χ0v) is 44.3. The van der Waals surface area contributed by atoms with Crippen LogP contribution >= 0.6 is 34.5 Å². The van der Waals surface area contributed by atoms with Gasteiger partial charge in [-0.25, -0.2) is 28.5 Å². The number of aromatic nitrogens is 2. The molecule has 2 saturated heterocycles. The first-order valence-corrected chi connectivity index (χ1v) is 25.9. The smallest absolute Gasteiger partial charge is 0.345 e. The number of allylic oxidation sites excluding steroid dienone is 1. The van der Waals surface area contributed by atoms with Gasteiger partial charge in [-0.2, -0.15) is 0 Å². The Balaban J connectivity index is 1.06. The first kappa shape index (κ1) is 54.7. The normalized spacial score (nSPS) is 19.7. The summed E-state index contributed by atoms with van der Waals surface area (Å²) in [5.41, 5.74) is 2.02. The van der Waals surface area contributed by atoms with Crippen LogP contribution in [0.3, 0.4) is 0 Å². The lowest BCUT2D eigenvalue weighted by atomic mass is 9.92. The van der Waals surface area contributed by atoms with Gasteiger partial charge in [0.25, 0.3) is 0 Å². The molecule has 0 amide bonds. The number of ether oxygens (including phenoxy) is 7. The minimum atomic E-state index is -1.62. The summed E-state index contributed by atoms with van der Waals surface area (Å²) in [6.07, 6.45) is 3.74. The van der Waals surface area contributed by atoms with E-state index in [4.69, 9.17) is 61.8 Å². The van der Waals surface area contributed by atoms with Gasteiger partial charge in [0.05, 0.1) is 48.5 Å². The molecule has 0 spiro atoms. The number of piperazine rings is 1. The van der Waals surface area contributed by atoms with E-state index in [2.05, 4.69) is 31.8 Å². The number of carboxylic acid groups (broad SMARTS) is 1. The summed E-state index contributed by atoms with van der Waals surface area (Å²) < 4.78 is 72.1.